The number of morpholine rings is 1. The van der Waals surface area contributed by atoms with Crippen molar-refractivity contribution in [2.45, 2.75) is 63.7 Å². The first-order valence-electron chi connectivity index (χ1n) is 16.5. The largest absolute Gasteiger partial charge is 0.444 e. The SMILES string of the molecule is CC(C)(C)OC(=O)N1C[C@@H](CCc2c(F)cncc2NC(=O)CC(c2ccccc2)c2ccc(F)cc2)OC[C@H]1c1nc2cc(F)c(F)cc2[nH]1. The van der Waals surface area contributed by atoms with Crippen molar-refractivity contribution in [3.8, 4) is 0 Å². The number of H-pyrrole nitrogens is 1. The summed E-state index contributed by atoms with van der Waals surface area (Å²) in [6.07, 6.45) is 1.63. The molecule has 1 saturated heterocycles. The summed E-state index contributed by atoms with van der Waals surface area (Å²) in [4.78, 5) is 39.6. The van der Waals surface area contributed by atoms with E-state index in [0.717, 1.165) is 29.5 Å². The number of ether oxygens (including phenoxy) is 2. The first kappa shape index (κ1) is 35.5. The Balaban J connectivity index is 1.17. The number of nitrogens with one attached hydrogen (secondary N) is 2. The maximum Gasteiger partial charge on any atom is 0.411 e. The van der Waals surface area contributed by atoms with Crippen LogP contribution >= 0.6 is 0 Å². The molecule has 266 valence electrons. The quantitative estimate of drug-likeness (QED) is 0.151. The monoisotopic (exact) mass is 703 g/mol. The molecule has 0 radical (unpaired) electrons. The van der Waals surface area contributed by atoms with Gasteiger partial charge in [0.05, 0.1) is 48.4 Å². The molecular formula is C38H37F4N5O4. The van der Waals surface area contributed by atoms with E-state index in [-0.39, 0.29) is 78.2 Å². The van der Waals surface area contributed by atoms with Crippen LogP contribution in [0.4, 0.5) is 28.0 Å². The third-order valence-corrected chi connectivity index (χ3v) is 8.61. The Labute approximate surface area is 292 Å². The molecule has 6 rings (SSSR count). The van der Waals surface area contributed by atoms with Crippen LogP contribution in [0.15, 0.2) is 79.1 Å². The van der Waals surface area contributed by atoms with E-state index in [1.807, 2.05) is 30.3 Å². The van der Waals surface area contributed by atoms with Crippen molar-refractivity contribution in [1.82, 2.24) is 19.9 Å². The molecule has 1 aliphatic rings. The topological polar surface area (TPSA) is 109 Å². The normalized spacial score (nSPS) is 17.0. The van der Waals surface area contributed by atoms with Gasteiger partial charge in [0.1, 0.15) is 29.1 Å². The van der Waals surface area contributed by atoms with Crippen molar-refractivity contribution in [3.05, 3.63) is 125 Å². The van der Waals surface area contributed by atoms with Crippen molar-refractivity contribution < 1.29 is 36.6 Å². The lowest BCUT2D eigenvalue weighted by molar-refractivity contribution is -0.116. The summed E-state index contributed by atoms with van der Waals surface area (Å²) in [6, 6.07) is 16.5. The Bertz CT molecular complexity index is 1980. The minimum atomic E-state index is -1.05. The van der Waals surface area contributed by atoms with Gasteiger partial charge in [0.2, 0.25) is 5.91 Å². The van der Waals surface area contributed by atoms with Gasteiger partial charge >= 0.3 is 6.09 Å². The number of hydrogen-bond acceptors (Lipinski definition) is 6. The summed E-state index contributed by atoms with van der Waals surface area (Å²) in [7, 11) is 0. The van der Waals surface area contributed by atoms with E-state index in [2.05, 4.69) is 20.3 Å². The molecule has 0 aliphatic carbocycles. The summed E-state index contributed by atoms with van der Waals surface area (Å²) in [5.74, 6) is -3.61. The van der Waals surface area contributed by atoms with Gasteiger partial charge in [-0.05, 0) is 56.9 Å². The average molecular weight is 704 g/mol. The minimum Gasteiger partial charge on any atom is -0.444 e. The van der Waals surface area contributed by atoms with Crippen LogP contribution in [0, 0.1) is 23.3 Å². The standard InChI is InChI=1S/C38H37F4N5O4/c1-38(2,3)51-37(49)47-20-25(50-21-34(47)36-45-31-16-28(40)29(41)17-32(31)46-36)13-14-26-30(42)18-43-19-33(26)44-35(48)15-27(22-7-5-4-6-8-22)23-9-11-24(39)12-10-23/h4-12,16-19,25,27,34H,13-15,20-21H2,1-3H3,(H,44,48)(H,45,46)/t25-,27?,34+/m1/s1. The van der Waals surface area contributed by atoms with E-state index in [1.54, 1.807) is 32.9 Å². The number of anilines is 1. The molecule has 0 spiro atoms. The molecule has 51 heavy (non-hydrogen) atoms. The Morgan fingerprint density at radius 2 is 1.69 bits per heavy atom. The third kappa shape index (κ3) is 8.54. The highest BCUT2D eigenvalue weighted by atomic mass is 19.2. The van der Waals surface area contributed by atoms with Crippen LogP contribution in [-0.2, 0) is 20.7 Å². The van der Waals surface area contributed by atoms with Gasteiger partial charge in [0.25, 0.3) is 0 Å². The summed E-state index contributed by atoms with van der Waals surface area (Å²) >= 11 is 0. The van der Waals surface area contributed by atoms with Crippen LogP contribution in [0.3, 0.4) is 0 Å². The van der Waals surface area contributed by atoms with E-state index < -0.39 is 41.3 Å². The number of pyridine rings is 1. The number of rotatable bonds is 9. The predicted octanol–water partition coefficient (Wildman–Crippen LogP) is 7.98. The second-order valence-electron chi connectivity index (χ2n) is 13.5. The first-order chi connectivity index (χ1) is 24.3. The fourth-order valence-corrected chi connectivity index (χ4v) is 6.15. The molecule has 0 bridgehead atoms. The van der Waals surface area contributed by atoms with Gasteiger partial charge in [-0.15, -0.1) is 0 Å². The zero-order chi connectivity index (χ0) is 36.3. The first-order valence-corrected chi connectivity index (χ1v) is 16.5. The minimum absolute atomic E-state index is 0.00461. The number of hydrogen-bond donors (Lipinski definition) is 2. The molecule has 3 atom stereocenters. The fourth-order valence-electron chi connectivity index (χ4n) is 6.15. The molecule has 3 aromatic carbocycles. The van der Waals surface area contributed by atoms with Gasteiger partial charge < -0.3 is 19.8 Å². The van der Waals surface area contributed by atoms with E-state index in [0.29, 0.717) is 0 Å². The van der Waals surface area contributed by atoms with Gasteiger partial charge in [-0.25, -0.2) is 27.3 Å². The van der Waals surface area contributed by atoms with Crippen LogP contribution in [0.2, 0.25) is 0 Å². The number of halogens is 4. The number of amides is 2. The third-order valence-electron chi connectivity index (χ3n) is 8.61. The molecule has 3 heterocycles. The number of aromatic amines is 1. The zero-order valence-electron chi connectivity index (χ0n) is 28.3. The zero-order valence-corrected chi connectivity index (χ0v) is 28.3. The number of carbonyl (C=O) groups is 2. The molecule has 2 amide bonds. The lowest BCUT2D eigenvalue weighted by Crippen LogP contribution is -2.49. The molecular weight excluding hydrogens is 666 g/mol. The van der Waals surface area contributed by atoms with Crippen molar-refractivity contribution in [1.29, 1.82) is 0 Å². The predicted molar refractivity (Wildman–Crippen MR) is 182 cm³/mol. The Kier molecular flexibility index (Phi) is 10.4. The fraction of sp³-hybridized carbons (Fsp3) is 0.316. The molecule has 9 nitrogen and oxygen atoms in total. The lowest BCUT2D eigenvalue weighted by Gasteiger charge is -2.39. The lowest BCUT2D eigenvalue weighted by atomic mass is 9.88. The number of aromatic nitrogens is 3. The molecule has 13 heteroatoms. The summed E-state index contributed by atoms with van der Waals surface area (Å²) < 4.78 is 68.6. The van der Waals surface area contributed by atoms with Gasteiger partial charge in [0, 0.05) is 30.0 Å². The number of carbonyl (C=O) groups excluding carboxylic acids is 2. The van der Waals surface area contributed by atoms with E-state index >= 15 is 4.39 Å². The van der Waals surface area contributed by atoms with Crippen LogP contribution in [0.1, 0.15) is 68.1 Å². The van der Waals surface area contributed by atoms with Crippen LogP contribution in [0.25, 0.3) is 11.0 Å². The average Bonchev–Trinajstić information content (AvgIpc) is 3.49. The Hall–Kier alpha value is -5.30. The van der Waals surface area contributed by atoms with Crippen LogP contribution in [0.5, 0.6) is 0 Å². The van der Waals surface area contributed by atoms with Gasteiger partial charge in [-0.1, -0.05) is 42.5 Å². The van der Waals surface area contributed by atoms with Crippen molar-refractivity contribution in [3.63, 3.8) is 0 Å². The second kappa shape index (κ2) is 14.9. The molecule has 1 unspecified atom stereocenters. The van der Waals surface area contributed by atoms with Crippen molar-refractivity contribution in [2.24, 2.45) is 0 Å². The summed E-state index contributed by atoms with van der Waals surface area (Å²) in [5, 5.41) is 2.82. The highest BCUT2D eigenvalue weighted by Crippen LogP contribution is 2.32. The Morgan fingerprint density at radius 1 is 0.980 bits per heavy atom. The van der Waals surface area contributed by atoms with Crippen LogP contribution in [-0.4, -0.2) is 56.7 Å². The van der Waals surface area contributed by atoms with E-state index in [9.17, 15) is 22.8 Å². The number of fused-ring (bicyclic) bond motifs is 1. The van der Waals surface area contributed by atoms with E-state index in [1.165, 1.54) is 23.2 Å². The van der Waals surface area contributed by atoms with Crippen molar-refractivity contribution in [2.75, 3.05) is 18.5 Å². The molecule has 1 aliphatic heterocycles. The smallest absolute Gasteiger partial charge is 0.411 e. The number of benzene rings is 3. The molecule has 1 fully saturated rings. The second-order valence-corrected chi connectivity index (χ2v) is 13.5. The number of nitrogens with zero attached hydrogens (tertiary/aromatic N) is 3. The molecule has 2 aromatic heterocycles. The van der Waals surface area contributed by atoms with E-state index in [4.69, 9.17) is 9.47 Å². The van der Waals surface area contributed by atoms with Crippen molar-refractivity contribution >= 4 is 28.7 Å². The van der Waals surface area contributed by atoms with Crippen LogP contribution < -0.4 is 5.32 Å². The molecule has 5 aromatic rings. The molecule has 2 N–H and O–H groups in total. The summed E-state index contributed by atoms with van der Waals surface area (Å²) in [6.45, 7) is 5.21. The van der Waals surface area contributed by atoms with Gasteiger partial charge in [-0.3, -0.25) is 14.7 Å². The van der Waals surface area contributed by atoms with Gasteiger partial charge in [-0.2, -0.15) is 0 Å². The molecule has 0 saturated carbocycles. The maximum absolute atomic E-state index is 15.3. The highest BCUT2D eigenvalue weighted by molar-refractivity contribution is 5.92. The Morgan fingerprint density at radius 3 is 2.41 bits per heavy atom. The summed E-state index contributed by atoms with van der Waals surface area (Å²) in [5.41, 5.74) is 1.65. The number of imidazole rings is 1. The van der Waals surface area contributed by atoms with Gasteiger partial charge in [0.15, 0.2) is 11.6 Å². The maximum atomic E-state index is 15.3. The highest BCUT2D eigenvalue weighted by Gasteiger charge is 2.38.